The fraction of sp³-hybridized carbons (Fsp3) is 0.471. The summed E-state index contributed by atoms with van der Waals surface area (Å²) in [5, 5.41) is 11.6. The molecule has 0 saturated carbocycles. The van der Waals surface area contributed by atoms with E-state index >= 15 is 0 Å². The Morgan fingerprint density at radius 3 is 2.50 bits per heavy atom. The third kappa shape index (κ3) is 3.26. The molecule has 0 spiro atoms. The summed E-state index contributed by atoms with van der Waals surface area (Å²) in [4.78, 5) is 9.16. The van der Waals surface area contributed by atoms with Crippen LogP contribution in [0.4, 0.5) is 5.82 Å². The van der Waals surface area contributed by atoms with Crippen molar-refractivity contribution in [1.29, 1.82) is 0 Å². The monoisotopic (exact) mass is 363 g/mol. The van der Waals surface area contributed by atoms with E-state index in [0.29, 0.717) is 17.0 Å². The van der Waals surface area contributed by atoms with Crippen molar-refractivity contribution in [2.75, 3.05) is 5.32 Å². The molecule has 0 radical (unpaired) electrons. The van der Waals surface area contributed by atoms with Crippen LogP contribution in [0, 0.1) is 0 Å². The fourth-order valence-electron chi connectivity index (χ4n) is 2.51. The van der Waals surface area contributed by atoms with E-state index in [1.54, 1.807) is 17.4 Å². The number of anilines is 1. The van der Waals surface area contributed by atoms with Crippen LogP contribution in [0.15, 0.2) is 17.6 Å². The highest BCUT2D eigenvalue weighted by atomic mass is 35.5. The van der Waals surface area contributed by atoms with Gasteiger partial charge in [-0.05, 0) is 18.8 Å². The number of rotatable bonds is 5. The van der Waals surface area contributed by atoms with E-state index < -0.39 is 0 Å². The lowest BCUT2D eigenvalue weighted by Crippen LogP contribution is -2.11. The van der Waals surface area contributed by atoms with Gasteiger partial charge in [-0.1, -0.05) is 39.3 Å². The van der Waals surface area contributed by atoms with Gasteiger partial charge in [0.2, 0.25) is 0 Å². The molecule has 3 aromatic rings. The molecule has 0 aromatic carbocycles. The largest absolute Gasteiger partial charge is 0.361 e. The number of hydrogen-bond acceptors (Lipinski definition) is 5. The van der Waals surface area contributed by atoms with E-state index in [4.69, 9.17) is 16.6 Å². The van der Waals surface area contributed by atoms with E-state index in [1.165, 1.54) is 0 Å². The lowest BCUT2D eigenvalue weighted by Gasteiger charge is -2.14. The Morgan fingerprint density at radius 1 is 1.12 bits per heavy atom. The molecule has 3 heterocycles. The second-order valence-electron chi connectivity index (χ2n) is 6.59. The number of nitrogens with zero attached hydrogens (tertiary/aromatic N) is 4. The number of nitrogens with one attached hydrogen (secondary N) is 1. The number of aromatic nitrogens is 4. The molecule has 0 aliphatic carbocycles. The normalized spacial score (nSPS) is 13.2. The summed E-state index contributed by atoms with van der Waals surface area (Å²) in [5.41, 5.74) is 3.02. The molecule has 24 heavy (non-hydrogen) atoms. The van der Waals surface area contributed by atoms with Crippen LogP contribution >= 0.6 is 22.9 Å². The van der Waals surface area contributed by atoms with Gasteiger partial charge in [0, 0.05) is 17.0 Å². The zero-order valence-corrected chi connectivity index (χ0v) is 16.1. The first-order valence-electron chi connectivity index (χ1n) is 8.12. The molecular weight excluding hydrogens is 342 g/mol. The van der Waals surface area contributed by atoms with Crippen molar-refractivity contribution in [3.63, 3.8) is 0 Å². The molecule has 3 aromatic heterocycles. The minimum atomic E-state index is 0.0656. The lowest BCUT2D eigenvalue weighted by atomic mass is 10.1. The molecular formula is C17H22ClN5S. The molecule has 0 amide bonds. The van der Waals surface area contributed by atoms with E-state index in [-0.39, 0.29) is 6.04 Å². The lowest BCUT2D eigenvalue weighted by molar-refractivity contribution is 0.789. The van der Waals surface area contributed by atoms with Crippen LogP contribution in [-0.4, -0.2) is 19.6 Å². The van der Waals surface area contributed by atoms with Crippen molar-refractivity contribution < 1.29 is 0 Å². The van der Waals surface area contributed by atoms with Gasteiger partial charge in [-0.15, -0.1) is 11.3 Å². The Morgan fingerprint density at radius 2 is 1.88 bits per heavy atom. The van der Waals surface area contributed by atoms with Crippen LogP contribution in [0.1, 0.15) is 68.8 Å². The van der Waals surface area contributed by atoms with Crippen molar-refractivity contribution >= 4 is 34.4 Å². The number of halogens is 1. The van der Waals surface area contributed by atoms with Crippen LogP contribution in [0.2, 0.25) is 5.15 Å². The highest BCUT2D eigenvalue weighted by Gasteiger charge is 2.17. The molecule has 0 aliphatic heterocycles. The van der Waals surface area contributed by atoms with Crippen molar-refractivity contribution in [2.24, 2.45) is 0 Å². The molecule has 0 fully saturated rings. The van der Waals surface area contributed by atoms with Crippen LogP contribution in [0.3, 0.4) is 0 Å². The third-order valence-corrected chi connectivity index (χ3v) is 5.20. The predicted octanol–water partition coefficient (Wildman–Crippen LogP) is 5.26. The summed E-state index contributed by atoms with van der Waals surface area (Å²) >= 11 is 7.90. The molecule has 1 N–H and O–H groups in total. The Balaban J connectivity index is 1.94. The van der Waals surface area contributed by atoms with Gasteiger partial charge in [0.1, 0.15) is 16.0 Å². The maximum Gasteiger partial charge on any atom is 0.162 e. The van der Waals surface area contributed by atoms with E-state index in [1.807, 2.05) is 10.7 Å². The van der Waals surface area contributed by atoms with Gasteiger partial charge in [0.15, 0.2) is 5.65 Å². The van der Waals surface area contributed by atoms with Crippen LogP contribution < -0.4 is 5.32 Å². The van der Waals surface area contributed by atoms with Crippen molar-refractivity contribution in [2.45, 2.75) is 52.5 Å². The summed E-state index contributed by atoms with van der Waals surface area (Å²) in [6, 6.07) is 1.87. The van der Waals surface area contributed by atoms with E-state index in [0.717, 1.165) is 27.7 Å². The quantitative estimate of drug-likeness (QED) is 0.628. The summed E-state index contributed by atoms with van der Waals surface area (Å²) in [6.07, 6.45) is 1.86. The summed E-state index contributed by atoms with van der Waals surface area (Å²) < 4.78 is 1.81. The molecule has 0 unspecified atom stereocenters. The minimum absolute atomic E-state index is 0.0656. The Bertz CT molecular complexity index is 852. The standard InChI is InChI=1S/C17H22ClN5S/c1-9(2)12-7-19-23-15(6-14(18)22-16(12)23)20-11(5)17-21-13(8-24-17)10(3)4/h6-11,20H,1-5H3/t11-/m0/s1. The summed E-state index contributed by atoms with van der Waals surface area (Å²) in [5.74, 6) is 1.60. The van der Waals surface area contributed by atoms with Crippen molar-refractivity contribution in [3.05, 3.63) is 39.1 Å². The van der Waals surface area contributed by atoms with Gasteiger partial charge >= 0.3 is 0 Å². The number of hydrogen-bond donors (Lipinski definition) is 1. The van der Waals surface area contributed by atoms with Crippen molar-refractivity contribution in [3.8, 4) is 0 Å². The fourth-order valence-corrected chi connectivity index (χ4v) is 3.68. The molecule has 7 heteroatoms. The molecule has 0 aliphatic rings. The molecule has 1 atom stereocenters. The van der Waals surface area contributed by atoms with Gasteiger partial charge in [0.25, 0.3) is 0 Å². The topological polar surface area (TPSA) is 55.1 Å². The number of fused-ring (bicyclic) bond motifs is 1. The van der Waals surface area contributed by atoms with Gasteiger partial charge < -0.3 is 5.32 Å². The third-order valence-electron chi connectivity index (χ3n) is 3.96. The number of thiazole rings is 1. The second-order valence-corrected chi connectivity index (χ2v) is 7.86. The van der Waals surface area contributed by atoms with Crippen LogP contribution in [0.5, 0.6) is 0 Å². The van der Waals surface area contributed by atoms with E-state index in [9.17, 15) is 0 Å². The smallest absolute Gasteiger partial charge is 0.162 e. The first-order chi connectivity index (χ1) is 11.4. The van der Waals surface area contributed by atoms with Crippen LogP contribution in [-0.2, 0) is 0 Å². The minimum Gasteiger partial charge on any atom is -0.361 e. The van der Waals surface area contributed by atoms with Gasteiger partial charge in [-0.2, -0.15) is 9.61 Å². The molecule has 5 nitrogen and oxygen atoms in total. The predicted molar refractivity (Wildman–Crippen MR) is 100 cm³/mol. The zero-order chi connectivity index (χ0) is 17.4. The highest BCUT2D eigenvalue weighted by Crippen LogP contribution is 2.28. The first-order valence-corrected chi connectivity index (χ1v) is 9.38. The average Bonchev–Trinajstić information content (AvgIpc) is 3.13. The van der Waals surface area contributed by atoms with Gasteiger partial charge in [-0.3, -0.25) is 0 Å². The average molecular weight is 364 g/mol. The highest BCUT2D eigenvalue weighted by molar-refractivity contribution is 7.09. The maximum atomic E-state index is 6.23. The van der Waals surface area contributed by atoms with Crippen molar-refractivity contribution in [1.82, 2.24) is 19.6 Å². The first kappa shape index (κ1) is 17.2. The Kier molecular flexibility index (Phi) is 4.78. The maximum absolute atomic E-state index is 6.23. The van der Waals surface area contributed by atoms with Gasteiger partial charge in [0.05, 0.1) is 17.9 Å². The Labute approximate surface area is 151 Å². The van der Waals surface area contributed by atoms with Crippen LogP contribution in [0.25, 0.3) is 5.65 Å². The summed E-state index contributed by atoms with van der Waals surface area (Å²) in [7, 11) is 0. The van der Waals surface area contributed by atoms with Gasteiger partial charge in [-0.25, -0.2) is 9.97 Å². The second kappa shape index (κ2) is 6.69. The molecule has 0 bridgehead atoms. The molecule has 3 rings (SSSR count). The molecule has 0 saturated heterocycles. The Hall–Kier alpha value is -1.66. The SMILES string of the molecule is CC(C)c1csc([C@H](C)Nc2cc(Cl)nc3c(C(C)C)cnn23)n1. The summed E-state index contributed by atoms with van der Waals surface area (Å²) in [6.45, 7) is 10.6. The van der Waals surface area contributed by atoms with E-state index in [2.05, 4.69) is 55.4 Å². The zero-order valence-electron chi connectivity index (χ0n) is 14.5. The molecule has 128 valence electrons.